The molecule has 0 saturated heterocycles. The minimum absolute atomic E-state index is 0.00127. The lowest BCUT2D eigenvalue weighted by Crippen LogP contribution is -2.47. The van der Waals surface area contributed by atoms with Crippen molar-refractivity contribution in [2.24, 2.45) is 5.92 Å². The van der Waals surface area contributed by atoms with Gasteiger partial charge in [-0.1, -0.05) is 38.1 Å². The predicted octanol–water partition coefficient (Wildman–Crippen LogP) is 4.05. The molecule has 1 aliphatic rings. The third-order valence-electron chi connectivity index (χ3n) is 5.69. The molecule has 162 valence electrons. The molecule has 0 N–H and O–H groups in total. The fraction of sp³-hybridized carbons (Fsp3) is 0.500. The lowest BCUT2D eigenvalue weighted by atomic mass is 9.90. The van der Waals surface area contributed by atoms with Crippen LogP contribution in [0.2, 0.25) is 0 Å². The Labute approximate surface area is 183 Å². The summed E-state index contributed by atoms with van der Waals surface area (Å²) in [6.07, 6.45) is 1.72. The lowest BCUT2D eigenvalue weighted by Gasteiger charge is -2.38. The topological polar surface area (TPSA) is 49.9 Å². The van der Waals surface area contributed by atoms with Crippen LogP contribution in [0, 0.1) is 12.8 Å². The summed E-state index contributed by atoms with van der Waals surface area (Å²) in [6.45, 7) is 7.67. The van der Waals surface area contributed by atoms with Crippen molar-refractivity contribution >= 4 is 23.2 Å². The first-order valence-electron chi connectivity index (χ1n) is 10.6. The number of carbonyl (C=O) groups is 2. The van der Waals surface area contributed by atoms with Crippen LogP contribution in [0.3, 0.4) is 0 Å². The molecular weight excluding hydrogens is 396 g/mol. The molecule has 2 heterocycles. The van der Waals surface area contributed by atoms with Gasteiger partial charge in [0.15, 0.2) is 0 Å². The molecule has 0 spiro atoms. The van der Waals surface area contributed by atoms with Crippen LogP contribution in [0.25, 0.3) is 0 Å². The van der Waals surface area contributed by atoms with Gasteiger partial charge >= 0.3 is 0 Å². The molecule has 30 heavy (non-hydrogen) atoms. The number of aryl methyl sites for hydroxylation is 1. The highest BCUT2D eigenvalue weighted by Crippen LogP contribution is 2.38. The molecule has 0 unspecified atom stereocenters. The maximum Gasteiger partial charge on any atom is 0.249 e. The summed E-state index contributed by atoms with van der Waals surface area (Å²) in [6, 6.07) is 10.3. The average Bonchev–Trinajstić information content (AvgIpc) is 3.19. The number of ether oxygens (including phenoxy) is 1. The van der Waals surface area contributed by atoms with E-state index < -0.39 is 0 Å². The predicted molar refractivity (Wildman–Crippen MR) is 121 cm³/mol. The van der Waals surface area contributed by atoms with Crippen LogP contribution in [0.4, 0.5) is 0 Å². The van der Waals surface area contributed by atoms with Crippen LogP contribution < -0.4 is 0 Å². The van der Waals surface area contributed by atoms with E-state index in [1.807, 2.05) is 17.0 Å². The molecule has 1 aromatic carbocycles. The zero-order valence-corrected chi connectivity index (χ0v) is 19.2. The molecule has 1 atom stereocenters. The normalized spacial score (nSPS) is 15.9. The zero-order valence-electron chi connectivity index (χ0n) is 18.4. The number of thiophene rings is 1. The fourth-order valence-electron chi connectivity index (χ4n) is 3.99. The van der Waals surface area contributed by atoms with Crippen LogP contribution in [-0.2, 0) is 20.7 Å². The van der Waals surface area contributed by atoms with Crippen molar-refractivity contribution in [1.29, 1.82) is 0 Å². The van der Waals surface area contributed by atoms with E-state index in [-0.39, 0.29) is 31.0 Å². The number of methoxy groups -OCH3 is 1. The van der Waals surface area contributed by atoms with Crippen molar-refractivity contribution < 1.29 is 14.3 Å². The summed E-state index contributed by atoms with van der Waals surface area (Å²) in [7, 11) is 1.51. The molecule has 3 rings (SSSR count). The Morgan fingerprint density at radius 1 is 1.23 bits per heavy atom. The zero-order chi connectivity index (χ0) is 21.7. The van der Waals surface area contributed by atoms with E-state index in [9.17, 15) is 9.59 Å². The van der Waals surface area contributed by atoms with E-state index in [0.717, 1.165) is 18.4 Å². The van der Waals surface area contributed by atoms with Crippen LogP contribution >= 0.6 is 11.3 Å². The highest BCUT2D eigenvalue weighted by molar-refractivity contribution is 7.10. The van der Waals surface area contributed by atoms with E-state index in [1.54, 1.807) is 16.2 Å². The van der Waals surface area contributed by atoms with Crippen LogP contribution in [0.1, 0.15) is 47.9 Å². The summed E-state index contributed by atoms with van der Waals surface area (Å²) >= 11 is 1.76. The van der Waals surface area contributed by atoms with Gasteiger partial charge in [-0.3, -0.25) is 9.59 Å². The largest absolute Gasteiger partial charge is 0.375 e. The quantitative estimate of drug-likeness (QED) is 0.637. The van der Waals surface area contributed by atoms with Gasteiger partial charge in [-0.05, 0) is 53.8 Å². The van der Waals surface area contributed by atoms with Crippen LogP contribution in [-0.4, -0.2) is 55.0 Å². The van der Waals surface area contributed by atoms with Crippen molar-refractivity contribution in [2.45, 2.75) is 39.7 Å². The number of hydrogen-bond acceptors (Lipinski definition) is 4. The summed E-state index contributed by atoms with van der Waals surface area (Å²) in [5.41, 5.74) is 3.54. The molecule has 0 aliphatic carbocycles. The Kier molecular flexibility index (Phi) is 7.67. The van der Waals surface area contributed by atoms with E-state index in [0.29, 0.717) is 19.0 Å². The first-order chi connectivity index (χ1) is 14.4. The minimum Gasteiger partial charge on any atom is -0.375 e. The molecule has 0 bridgehead atoms. The number of amides is 2. The second-order valence-corrected chi connectivity index (χ2v) is 9.33. The first-order valence-corrected chi connectivity index (χ1v) is 11.5. The second kappa shape index (κ2) is 10.2. The van der Waals surface area contributed by atoms with Crippen molar-refractivity contribution in [3.8, 4) is 0 Å². The Morgan fingerprint density at radius 3 is 2.70 bits per heavy atom. The van der Waals surface area contributed by atoms with Gasteiger partial charge in [0.25, 0.3) is 0 Å². The maximum absolute atomic E-state index is 13.5. The van der Waals surface area contributed by atoms with Crippen molar-refractivity contribution in [1.82, 2.24) is 9.80 Å². The molecule has 6 heteroatoms. The SMILES string of the molecule is COCC(=O)N(CCC(C)C)CC(=O)N1CCc2sccc2[C@@H]1c1ccccc1C. The molecule has 5 nitrogen and oxygen atoms in total. The standard InChI is InChI=1S/C24H32N2O3S/c1-17(2)9-12-25(23(28)16-29-4)15-22(27)26-13-10-21-20(11-14-30-21)24(26)19-8-6-5-7-18(19)3/h5-8,11,14,17,24H,9-10,12-13,15-16H2,1-4H3/t24-/m0/s1. The third-order valence-corrected chi connectivity index (χ3v) is 6.69. The Balaban J connectivity index is 1.87. The Hall–Kier alpha value is -2.18. The smallest absolute Gasteiger partial charge is 0.249 e. The van der Waals surface area contributed by atoms with Gasteiger partial charge in [0, 0.05) is 25.1 Å². The van der Waals surface area contributed by atoms with Crippen molar-refractivity contribution in [3.63, 3.8) is 0 Å². The Morgan fingerprint density at radius 2 is 2.00 bits per heavy atom. The molecule has 2 amide bonds. The highest BCUT2D eigenvalue weighted by atomic mass is 32.1. The van der Waals surface area contributed by atoms with Crippen molar-refractivity contribution in [3.05, 3.63) is 57.3 Å². The number of fused-ring (bicyclic) bond motifs is 1. The van der Waals surface area contributed by atoms with Gasteiger partial charge in [-0.15, -0.1) is 11.3 Å². The van der Waals surface area contributed by atoms with Crippen molar-refractivity contribution in [2.75, 3.05) is 33.4 Å². The van der Waals surface area contributed by atoms with Gasteiger partial charge in [-0.2, -0.15) is 0 Å². The van der Waals surface area contributed by atoms with Crippen LogP contribution in [0.15, 0.2) is 35.7 Å². The average molecular weight is 429 g/mol. The van der Waals surface area contributed by atoms with Gasteiger partial charge in [0.05, 0.1) is 12.6 Å². The maximum atomic E-state index is 13.5. The van der Waals surface area contributed by atoms with E-state index in [4.69, 9.17) is 4.74 Å². The molecular formula is C24H32N2O3S. The fourth-order valence-corrected chi connectivity index (χ4v) is 4.89. The molecule has 1 aromatic heterocycles. The number of nitrogens with zero attached hydrogens (tertiary/aromatic N) is 2. The number of hydrogen-bond donors (Lipinski definition) is 0. The summed E-state index contributed by atoms with van der Waals surface area (Å²) in [4.78, 5) is 31.0. The molecule has 0 fully saturated rings. The molecule has 2 aromatic rings. The van der Waals surface area contributed by atoms with Gasteiger partial charge in [0.1, 0.15) is 6.61 Å². The van der Waals surface area contributed by atoms with Crippen LogP contribution in [0.5, 0.6) is 0 Å². The van der Waals surface area contributed by atoms with Gasteiger partial charge in [0.2, 0.25) is 11.8 Å². The lowest BCUT2D eigenvalue weighted by molar-refractivity contribution is -0.143. The summed E-state index contributed by atoms with van der Waals surface area (Å²) in [5, 5.41) is 2.11. The second-order valence-electron chi connectivity index (χ2n) is 8.33. The summed E-state index contributed by atoms with van der Waals surface area (Å²) < 4.78 is 5.05. The minimum atomic E-state index is -0.132. The third kappa shape index (κ3) is 5.10. The number of carbonyl (C=O) groups excluding carboxylic acids is 2. The van der Waals surface area contributed by atoms with Gasteiger partial charge < -0.3 is 14.5 Å². The Bertz CT molecular complexity index is 877. The summed E-state index contributed by atoms with van der Waals surface area (Å²) in [5.74, 6) is 0.321. The van der Waals surface area contributed by atoms with Gasteiger partial charge in [-0.25, -0.2) is 0 Å². The monoisotopic (exact) mass is 428 g/mol. The highest BCUT2D eigenvalue weighted by Gasteiger charge is 2.34. The molecule has 0 saturated carbocycles. The first kappa shape index (κ1) is 22.5. The molecule has 1 aliphatic heterocycles. The number of benzene rings is 1. The van der Waals surface area contributed by atoms with E-state index >= 15 is 0 Å². The molecule has 0 radical (unpaired) electrons. The van der Waals surface area contributed by atoms with E-state index in [2.05, 4.69) is 44.4 Å². The number of rotatable bonds is 8. The van der Waals surface area contributed by atoms with E-state index in [1.165, 1.54) is 23.1 Å².